The second-order valence-electron chi connectivity index (χ2n) is 5.36. The molecule has 3 heteroatoms. The van der Waals surface area contributed by atoms with E-state index < -0.39 is 0 Å². The second kappa shape index (κ2) is 4.83. The predicted octanol–water partition coefficient (Wildman–Crippen LogP) is 2.51. The minimum atomic E-state index is 0.251. The second-order valence-corrected chi connectivity index (χ2v) is 5.36. The van der Waals surface area contributed by atoms with Crippen LogP contribution in [0.4, 0.5) is 0 Å². The first-order chi connectivity index (χ1) is 8.36. The molecule has 0 aromatic carbocycles. The summed E-state index contributed by atoms with van der Waals surface area (Å²) < 4.78 is 11.3. The molecule has 0 amide bonds. The Labute approximate surface area is 103 Å². The van der Waals surface area contributed by atoms with Gasteiger partial charge in [-0.05, 0) is 44.2 Å². The lowest BCUT2D eigenvalue weighted by atomic mass is 9.74. The van der Waals surface area contributed by atoms with Gasteiger partial charge in [0.05, 0.1) is 11.9 Å². The molecule has 0 radical (unpaired) electrons. The summed E-state index contributed by atoms with van der Waals surface area (Å²) in [5.74, 6) is 1.07. The molecule has 1 aliphatic carbocycles. The molecule has 94 valence electrons. The molecule has 1 aromatic heterocycles. The quantitative estimate of drug-likeness (QED) is 0.870. The minimum Gasteiger partial charge on any atom is -0.469 e. The van der Waals surface area contributed by atoms with Gasteiger partial charge in [0.2, 0.25) is 0 Å². The summed E-state index contributed by atoms with van der Waals surface area (Å²) in [6, 6.07) is 4.63. The van der Waals surface area contributed by atoms with Gasteiger partial charge in [-0.25, -0.2) is 0 Å². The molecule has 1 aliphatic heterocycles. The largest absolute Gasteiger partial charge is 0.469 e. The summed E-state index contributed by atoms with van der Waals surface area (Å²) in [5.41, 5.74) is 0.251. The number of hydrogen-bond donors (Lipinski definition) is 1. The van der Waals surface area contributed by atoms with Crippen molar-refractivity contribution in [1.29, 1.82) is 0 Å². The van der Waals surface area contributed by atoms with Crippen molar-refractivity contribution in [3.63, 3.8) is 0 Å². The summed E-state index contributed by atoms with van der Waals surface area (Å²) >= 11 is 0. The molecule has 1 unspecified atom stereocenters. The standard InChI is InChI=1S/C14H21NO2/c1-3-13(16-9-1)4-8-15-12-5-10-17-14(11-12)6-2-7-14/h1,3,9,12,15H,2,4-8,10-11H2. The van der Waals surface area contributed by atoms with E-state index in [4.69, 9.17) is 9.15 Å². The Morgan fingerprint density at radius 3 is 3.06 bits per heavy atom. The predicted molar refractivity (Wildman–Crippen MR) is 66.0 cm³/mol. The van der Waals surface area contributed by atoms with Gasteiger partial charge < -0.3 is 14.5 Å². The first kappa shape index (κ1) is 11.3. The average molecular weight is 235 g/mol. The molecule has 1 saturated heterocycles. The average Bonchev–Trinajstić information content (AvgIpc) is 2.80. The van der Waals surface area contributed by atoms with Gasteiger partial charge in [0.15, 0.2) is 0 Å². The molecular weight excluding hydrogens is 214 g/mol. The van der Waals surface area contributed by atoms with E-state index in [1.54, 1.807) is 6.26 Å². The Hall–Kier alpha value is -0.800. The zero-order chi connectivity index (χ0) is 11.6. The van der Waals surface area contributed by atoms with Crippen LogP contribution in [0, 0.1) is 0 Å². The van der Waals surface area contributed by atoms with E-state index in [2.05, 4.69) is 5.32 Å². The number of nitrogens with one attached hydrogen (secondary N) is 1. The molecule has 2 fully saturated rings. The van der Waals surface area contributed by atoms with Gasteiger partial charge in [-0.15, -0.1) is 0 Å². The molecule has 1 aromatic rings. The maximum atomic E-state index is 5.93. The highest BCUT2D eigenvalue weighted by atomic mass is 16.5. The highest BCUT2D eigenvalue weighted by Gasteiger charge is 2.42. The topological polar surface area (TPSA) is 34.4 Å². The fourth-order valence-corrected chi connectivity index (χ4v) is 2.98. The molecule has 3 nitrogen and oxygen atoms in total. The van der Waals surface area contributed by atoms with Crippen LogP contribution in [0.1, 0.15) is 37.9 Å². The van der Waals surface area contributed by atoms with Crippen LogP contribution in [-0.4, -0.2) is 24.8 Å². The molecule has 1 N–H and O–H groups in total. The molecule has 0 bridgehead atoms. The summed E-state index contributed by atoms with van der Waals surface area (Å²) in [5, 5.41) is 3.64. The van der Waals surface area contributed by atoms with Crippen LogP contribution >= 0.6 is 0 Å². The van der Waals surface area contributed by atoms with Crippen molar-refractivity contribution in [2.24, 2.45) is 0 Å². The van der Waals surface area contributed by atoms with Gasteiger partial charge in [-0.3, -0.25) is 0 Å². The van der Waals surface area contributed by atoms with Crippen LogP contribution in [0.15, 0.2) is 22.8 Å². The Morgan fingerprint density at radius 1 is 1.41 bits per heavy atom. The van der Waals surface area contributed by atoms with Gasteiger partial charge >= 0.3 is 0 Å². The summed E-state index contributed by atoms with van der Waals surface area (Å²) in [4.78, 5) is 0. The maximum Gasteiger partial charge on any atom is 0.105 e. The molecule has 1 atom stereocenters. The molecule has 1 saturated carbocycles. The number of furan rings is 1. The van der Waals surface area contributed by atoms with Crippen LogP contribution in [0.2, 0.25) is 0 Å². The zero-order valence-electron chi connectivity index (χ0n) is 10.3. The van der Waals surface area contributed by atoms with E-state index in [1.165, 1.54) is 25.7 Å². The summed E-state index contributed by atoms with van der Waals surface area (Å²) in [6.07, 6.45) is 8.96. The fraction of sp³-hybridized carbons (Fsp3) is 0.714. The van der Waals surface area contributed by atoms with Crippen molar-refractivity contribution in [1.82, 2.24) is 5.32 Å². The lowest BCUT2D eigenvalue weighted by Gasteiger charge is -2.47. The normalized spacial score (nSPS) is 26.9. The minimum absolute atomic E-state index is 0.251. The van der Waals surface area contributed by atoms with E-state index in [-0.39, 0.29) is 5.60 Å². The highest BCUT2D eigenvalue weighted by molar-refractivity contribution is 4.99. The Kier molecular flexibility index (Phi) is 3.21. The molecular formula is C14H21NO2. The van der Waals surface area contributed by atoms with E-state index in [9.17, 15) is 0 Å². The SMILES string of the molecule is c1coc(CCNC2CCOC3(CCC3)C2)c1. The van der Waals surface area contributed by atoms with Gasteiger partial charge in [-0.2, -0.15) is 0 Å². The van der Waals surface area contributed by atoms with Crippen molar-refractivity contribution in [3.8, 4) is 0 Å². The first-order valence-electron chi connectivity index (χ1n) is 6.76. The highest BCUT2D eigenvalue weighted by Crippen LogP contribution is 2.42. The molecule has 2 heterocycles. The maximum absolute atomic E-state index is 5.93. The third-order valence-electron chi connectivity index (χ3n) is 4.14. The summed E-state index contributed by atoms with van der Waals surface area (Å²) in [7, 11) is 0. The summed E-state index contributed by atoms with van der Waals surface area (Å²) in [6.45, 7) is 1.94. The molecule has 2 aliphatic rings. The molecule has 1 spiro atoms. The lowest BCUT2D eigenvalue weighted by Crippen LogP contribution is -2.51. The zero-order valence-corrected chi connectivity index (χ0v) is 10.3. The molecule has 17 heavy (non-hydrogen) atoms. The van der Waals surface area contributed by atoms with Crippen molar-refractivity contribution < 1.29 is 9.15 Å². The Bertz CT molecular complexity index is 343. The smallest absolute Gasteiger partial charge is 0.105 e. The number of hydrogen-bond acceptors (Lipinski definition) is 3. The van der Waals surface area contributed by atoms with E-state index in [0.717, 1.165) is 31.8 Å². The van der Waals surface area contributed by atoms with Crippen LogP contribution in [0.3, 0.4) is 0 Å². The fourth-order valence-electron chi connectivity index (χ4n) is 2.98. The van der Waals surface area contributed by atoms with Gasteiger partial charge in [0, 0.05) is 25.6 Å². The third kappa shape index (κ3) is 2.55. The van der Waals surface area contributed by atoms with E-state index >= 15 is 0 Å². The van der Waals surface area contributed by atoms with Crippen molar-refractivity contribution >= 4 is 0 Å². The first-order valence-corrected chi connectivity index (χ1v) is 6.76. The molecule has 3 rings (SSSR count). The van der Waals surface area contributed by atoms with Gasteiger partial charge in [-0.1, -0.05) is 0 Å². The lowest BCUT2D eigenvalue weighted by molar-refractivity contribution is -0.135. The van der Waals surface area contributed by atoms with Gasteiger partial charge in [0.1, 0.15) is 5.76 Å². The van der Waals surface area contributed by atoms with Crippen LogP contribution in [0.25, 0.3) is 0 Å². The Morgan fingerprint density at radius 2 is 2.35 bits per heavy atom. The van der Waals surface area contributed by atoms with E-state index in [1.807, 2.05) is 12.1 Å². The third-order valence-corrected chi connectivity index (χ3v) is 4.14. The van der Waals surface area contributed by atoms with Crippen molar-refractivity contribution in [2.45, 2.75) is 50.2 Å². The van der Waals surface area contributed by atoms with Crippen LogP contribution < -0.4 is 5.32 Å². The van der Waals surface area contributed by atoms with Crippen molar-refractivity contribution in [2.75, 3.05) is 13.2 Å². The van der Waals surface area contributed by atoms with Crippen LogP contribution in [0.5, 0.6) is 0 Å². The van der Waals surface area contributed by atoms with Crippen molar-refractivity contribution in [3.05, 3.63) is 24.2 Å². The number of ether oxygens (including phenoxy) is 1. The van der Waals surface area contributed by atoms with Crippen LogP contribution in [-0.2, 0) is 11.2 Å². The monoisotopic (exact) mass is 235 g/mol. The van der Waals surface area contributed by atoms with Gasteiger partial charge in [0.25, 0.3) is 0 Å². The number of rotatable bonds is 4. The Balaban J connectivity index is 1.42. The van der Waals surface area contributed by atoms with E-state index in [0.29, 0.717) is 6.04 Å².